The number of nitrogens with one attached hydrogen (secondary N) is 2. The Bertz CT molecular complexity index is 1030. The molecule has 0 saturated heterocycles. The monoisotopic (exact) mass is 367 g/mol. The molecule has 0 fully saturated rings. The molecule has 0 aromatic carbocycles. The van der Waals surface area contributed by atoms with E-state index in [2.05, 4.69) is 20.6 Å². The molecule has 27 heavy (non-hydrogen) atoms. The van der Waals surface area contributed by atoms with Crippen molar-refractivity contribution in [2.75, 3.05) is 17.2 Å². The minimum atomic E-state index is -0.626. The van der Waals surface area contributed by atoms with Crippen LogP contribution in [0.15, 0.2) is 41.5 Å². The molecule has 3 heterocycles. The maximum Gasteiger partial charge on any atom is 0.262 e. The van der Waals surface area contributed by atoms with E-state index in [-0.39, 0.29) is 12.2 Å². The highest BCUT2D eigenvalue weighted by atomic mass is 16.3. The number of aliphatic hydroxyl groups excluding tert-OH is 1. The molecule has 7 nitrogen and oxygen atoms in total. The zero-order valence-electron chi connectivity index (χ0n) is 16.1. The van der Waals surface area contributed by atoms with E-state index < -0.39 is 5.54 Å². The summed E-state index contributed by atoms with van der Waals surface area (Å²) in [7, 11) is 0. The molecule has 0 aliphatic rings. The Hall–Kier alpha value is -2.93. The van der Waals surface area contributed by atoms with Gasteiger partial charge in [-0.2, -0.15) is 0 Å². The van der Waals surface area contributed by atoms with Crippen LogP contribution >= 0.6 is 0 Å². The van der Waals surface area contributed by atoms with E-state index in [9.17, 15) is 9.90 Å². The molecule has 0 bridgehead atoms. The SMILES string of the molecule is CCn1ccc2cc(Nc3cc(C)ccn3)nc(NC(C)(C)CO)c2c1=O. The van der Waals surface area contributed by atoms with E-state index in [4.69, 9.17) is 0 Å². The minimum Gasteiger partial charge on any atom is -0.394 e. The van der Waals surface area contributed by atoms with Crippen molar-refractivity contribution in [2.24, 2.45) is 0 Å². The van der Waals surface area contributed by atoms with Gasteiger partial charge < -0.3 is 20.3 Å². The van der Waals surface area contributed by atoms with Gasteiger partial charge in [0.05, 0.1) is 17.5 Å². The molecule has 0 atom stereocenters. The summed E-state index contributed by atoms with van der Waals surface area (Å²) in [5.41, 5.74) is 0.345. The van der Waals surface area contributed by atoms with Crippen molar-refractivity contribution < 1.29 is 5.11 Å². The van der Waals surface area contributed by atoms with Crippen molar-refractivity contribution in [2.45, 2.75) is 39.8 Å². The normalized spacial score (nSPS) is 11.6. The van der Waals surface area contributed by atoms with Gasteiger partial charge in [-0.3, -0.25) is 4.79 Å². The third-order valence-electron chi connectivity index (χ3n) is 4.32. The summed E-state index contributed by atoms with van der Waals surface area (Å²) in [5.74, 6) is 1.69. The molecular weight excluding hydrogens is 342 g/mol. The second kappa shape index (κ2) is 7.36. The first-order chi connectivity index (χ1) is 12.8. The third kappa shape index (κ3) is 4.09. The first kappa shape index (κ1) is 18.8. The number of aromatic nitrogens is 3. The lowest BCUT2D eigenvalue weighted by Crippen LogP contribution is -2.36. The summed E-state index contributed by atoms with van der Waals surface area (Å²) < 4.78 is 1.64. The molecule has 0 amide bonds. The molecule has 0 aliphatic heterocycles. The van der Waals surface area contributed by atoms with Crippen molar-refractivity contribution in [1.29, 1.82) is 0 Å². The van der Waals surface area contributed by atoms with Crippen LogP contribution in [0.3, 0.4) is 0 Å². The van der Waals surface area contributed by atoms with Gasteiger partial charge in [0.15, 0.2) is 0 Å². The summed E-state index contributed by atoms with van der Waals surface area (Å²) in [5, 5.41) is 17.3. The third-order valence-corrected chi connectivity index (χ3v) is 4.32. The summed E-state index contributed by atoms with van der Waals surface area (Å²) in [6.07, 6.45) is 3.51. The predicted octanol–water partition coefficient (Wildman–Crippen LogP) is 3.05. The molecule has 3 aromatic heterocycles. The van der Waals surface area contributed by atoms with Crippen LogP contribution in [-0.2, 0) is 6.54 Å². The maximum absolute atomic E-state index is 12.9. The molecule has 0 aliphatic carbocycles. The summed E-state index contributed by atoms with van der Waals surface area (Å²) in [6.45, 7) is 8.09. The van der Waals surface area contributed by atoms with E-state index >= 15 is 0 Å². The second-order valence-corrected chi connectivity index (χ2v) is 7.24. The van der Waals surface area contributed by atoms with Gasteiger partial charge in [-0.05, 0) is 62.9 Å². The van der Waals surface area contributed by atoms with Crippen LogP contribution in [0.1, 0.15) is 26.3 Å². The lowest BCUT2D eigenvalue weighted by molar-refractivity contribution is 0.234. The highest BCUT2D eigenvalue weighted by molar-refractivity contribution is 5.93. The number of hydrogen-bond acceptors (Lipinski definition) is 6. The number of anilines is 3. The van der Waals surface area contributed by atoms with Crippen LogP contribution in [0.2, 0.25) is 0 Å². The zero-order chi connectivity index (χ0) is 19.6. The maximum atomic E-state index is 12.9. The van der Waals surface area contributed by atoms with Crippen molar-refractivity contribution in [3.05, 3.63) is 52.6 Å². The Labute approximate surface area is 158 Å². The van der Waals surface area contributed by atoms with E-state index in [1.807, 2.05) is 52.0 Å². The highest BCUT2D eigenvalue weighted by Crippen LogP contribution is 2.26. The average molecular weight is 367 g/mol. The van der Waals surface area contributed by atoms with Gasteiger partial charge >= 0.3 is 0 Å². The summed E-state index contributed by atoms with van der Waals surface area (Å²) in [4.78, 5) is 21.8. The lowest BCUT2D eigenvalue weighted by atomic mass is 10.1. The highest BCUT2D eigenvalue weighted by Gasteiger charge is 2.20. The number of aryl methyl sites for hydroxylation is 2. The Morgan fingerprint density at radius 1 is 1.22 bits per heavy atom. The van der Waals surface area contributed by atoms with Crippen LogP contribution in [0.5, 0.6) is 0 Å². The van der Waals surface area contributed by atoms with Gasteiger partial charge in [0.25, 0.3) is 5.56 Å². The second-order valence-electron chi connectivity index (χ2n) is 7.24. The number of fused-ring (bicyclic) bond motifs is 1. The Morgan fingerprint density at radius 3 is 2.67 bits per heavy atom. The Kier molecular flexibility index (Phi) is 5.14. The van der Waals surface area contributed by atoms with Crippen LogP contribution in [0.25, 0.3) is 10.8 Å². The van der Waals surface area contributed by atoms with Crippen molar-refractivity contribution >= 4 is 28.2 Å². The minimum absolute atomic E-state index is 0.0952. The van der Waals surface area contributed by atoms with Gasteiger partial charge in [0.2, 0.25) is 0 Å². The van der Waals surface area contributed by atoms with Gasteiger partial charge in [-0.25, -0.2) is 9.97 Å². The van der Waals surface area contributed by atoms with Gasteiger partial charge in [-0.15, -0.1) is 0 Å². The lowest BCUT2D eigenvalue weighted by Gasteiger charge is -2.25. The van der Waals surface area contributed by atoms with Gasteiger partial charge in [-0.1, -0.05) is 0 Å². The molecule has 3 aromatic rings. The summed E-state index contributed by atoms with van der Waals surface area (Å²) in [6, 6.07) is 7.57. The standard InChI is InChI=1S/C20H25N5O2/c1-5-25-9-7-14-11-16(22-15-10-13(2)6-8-21-15)23-18(17(14)19(25)27)24-20(3,4)12-26/h6-11,26H,5,12H2,1-4H3,(H2,21,22,23,24). The molecule has 3 rings (SSSR count). The number of hydrogen-bond donors (Lipinski definition) is 3. The van der Waals surface area contributed by atoms with Crippen molar-refractivity contribution in [1.82, 2.24) is 14.5 Å². The fourth-order valence-electron chi connectivity index (χ4n) is 2.80. The number of nitrogens with zero attached hydrogens (tertiary/aromatic N) is 3. The van der Waals surface area contributed by atoms with Crippen LogP contribution < -0.4 is 16.2 Å². The smallest absolute Gasteiger partial charge is 0.262 e. The largest absolute Gasteiger partial charge is 0.394 e. The van der Waals surface area contributed by atoms with E-state index in [0.717, 1.165) is 10.9 Å². The Balaban J connectivity index is 2.15. The summed E-state index contributed by atoms with van der Waals surface area (Å²) >= 11 is 0. The number of rotatable bonds is 6. The van der Waals surface area contributed by atoms with Crippen LogP contribution in [0, 0.1) is 6.92 Å². The molecular formula is C20H25N5O2. The first-order valence-corrected chi connectivity index (χ1v) is 8.96. The van der Waals surface area contributed by atoms with Crippen molar-refractivity contribution in [3.63, 3.8) is 0 Å². The number of pyridine rings is 3. The fraction of sp³-hybridized carbons (Fsp3) is 0.350. The van der Waals surface area contributed by atoms with E-state index in [1.165, 1.54) is 0 Å². The van der Waals surface area contributed by atoms with Gasteiger partial charge in [0, 0.05) is 18.9 Å². The molecule has 0 saturated carbocycles. The zero-order valence-corrected chi connectivity index (χ0v) is 16.1. The molecule has 7 heteroatoms. The molecule has 0 unspecified atom stereocenters. The average Bonchev–Trinajstić information content (AvgIpc) is 2.61. The van der Waals surface area contributed by atoms with E-state index in [1.54, 1.807) is 17.0 Å². The number of aliphatic hydroxyl groups is 1. The quantitative estimate of drug-likeness (QED) is 0.620. The molecule has 0 radical (unpaired) electrons. The fourth-order valence-corrected chi connectivity index (χ4v) is 2.80. The van der Waals surface area contributed by atoms with Crippen LogP contribution in [-0.4, -0.2) is 31.8 Å². The molecule has 3 N–H and O–H groups in total. The van der Waals surface area contributed by atoms with Crippen molar-refractivity contribution in [3.8, 4) is 0 Å². The molecule has 142 valence electrons. The van der Waals surface area contributed by atoms with Gasteiger partial charge in [0.1, 0.15) is 17.5 Å². The van der Waals surface area contributed by atoms with Crippen LogP contribution in [0.4, 0.5) is 17.5 Å². The van der Waals surface area contributed by atoms with E-state index in [0.29, 0.717) is 29.4 Å². The Morgan fingerprint density at radius 2 is 2.00 bits per heavy atom. The molecule has 0 spiro atoms. The first-order valence-electron chi connectivity index (χ1n) is 8.96. The topological polar surface area (TPSA) is 92.1 Å². The predicted molar refractivity (Wildman–Crippen MR) is 109 cm³/mol.